The van der Waals surface area contributed by atoms with Gasteiger partial charge in [-0.25, -0.2) is 9.59 Å². The van der Waals surface area contributed by atoms with Crippen LogP contribution in [0.15, 0.2) is 33.1 Å². The number of furan rings is 2. The summed E-state index contributed by atoms with van der Waals surface area (Å²) in [6, 6.07) is 7.54. The molecule has 2 aliphatic rings. The monoisotopic (exact) mass is 688 g/mol. The van der Waals surface area contributed by atoms with Gasteiger partial charge in [-0.1, -0.05) is 76.0 Å². The van der Waals surface area contributed by atoms with Crippen molar-refractivity contribution >= 4 is 11.9 Å². The summed E-state index contributed by atoms with van der Waals surface area (Å²) in [6.45, 7) is 3.25. The zero-order valence-electron chi connectivity index (χ0n) is 30.6. The third kappa shape index (κ3) is 15.2. The average Bonchev–Trinajstić information content (AvgIpc) is 3.78. The summed E-state index contributed by atoms with van der Waals surface area (Å²) in [5, 5.41) is 0. The van der Waals surface area contributed by atoms with E-state index in [-0.39, 0.29) is 13.2 Å². The Morgan fingerprint density at radius 3 is 1.48 bits per heavy atom. The largest absolute Gasteiger partial charge is 0.455 e. The fourth-order valence-electron chi connectivity index (χ4n) is 6.91. The van der Waals surface area contributed by atoms with Crippen molar-refractivity contribution in [2.45, 2.75) is 153 Å². The van der Waals surface area contributed by atoms with E-state index in [1.807, 2.05) is 24.3 Å². The molecule has 8 nitrogen and oxygen atoms in total. The third-order valence-corrected chi connectivity index (χ3v) is 10.1. The van der Waals surface area contributed by atoms with Crippen molar-refractivity contribution in [3.05, 3.63) is 47.3 Å². The molecule has 0 spiro atoms. The molecule has 50 heavy (non-hydrogen) atoms. The number of esters is 2. The van der Waals surface area contributed by atoms with Crippen LogP contribution < -0.4 is 11.5 Å². The molecule has 0 aliphatic heterocycles. The molecular formula is C42H60N2O6. The second-order valence-corrected chi connectivity index (χ2v) is 15.4. The molecule has 0 saturated heterocycles. The van der Waals surface area contributed by atoms with Gasteiger partial charge in [-0.15, -0.1) is 0 Å². The molecular weight excluding hydrogens is 628 g/mol. The third-order valence-electron chi connectivity index (χ3n) is 10.1. The quantitative estimate of drug-likeness (QED) is 0.0782. The topological polar surface area (TPSA) is 131 Å². The van der Waals surface area contributed by atoms with E-state index in [9.17, 15) is 9.59 Å². The van der Waals surface area contributed by atoms with Crippen LogP contribution in [0.4, 0.5) is 0 Å². The normalized spacial score (nSPS) is 17.8. The summed E-state index contributed by atoms with van der Waals surface area (Å²) in [5.74, 6) is 15.1. The number of hydrogen-bond donors (Lipinski definition) is 2. The van der Waals surface area contributed by atoms with Gasteiger partial charge in [0.25, 0.3) is 0 Å². The zero-order valence-corrected chi connectivity index (χ0v) is 30.6. The first-order valence-electron chi connectivity index (χ1n) is 19.1. The van der Waals surface area contributed by atoms with Gasteiger partial charge in [0.2, 0.25) is 0 Å². The highest BCUT2D eigenvalue weighted by Gasteiger charge is 2.28. The van der Waals surface area contributed by atoms with E-state index in [2.05, 4.69) is 23.7 Å². The molecule has 4 N–H and O–H groups in total. The van der Waals surface area contributed by atoms with Crippen LogP contribution in [0.2, 0.25) is 0 Å². The Labute approximate surface area is 300 Å². The number of carbonyl (C=O) groups excluding carboxylic acids is 2. The van der Waals surface area contributed by atoms with Crippen LogP contribution in [0.1, 0.15) is 152 Å². The molecule has 2 fully saturated rings. The molecule has 2 heterocycles. The SMILES string of the molecule is C[C@@](N)(CCc1ccc(C#CCCCC2CCCCC2)o1)COC(=O)C(=O)OC[C@](C)(N)CCc1ccc(C#CCCCC2CCCCC2)o1. The Bertz CT molecular complexity index is 1340. The van der Waals surface area contributed by atoms with Crippen LogP contribution in [0, 0.1) is 35.5 Å². The second-order valence-electron chi connectivity index (χ2n) is 15.4. The van der Waals surface area contributed by atoms with Crippen molar-refractivity contribution in [2.24, 2.45) is 23.3 Å². The minimum absolute atomic E-state index is 0.139. The maximum atomic E-state index is 12.4. The van der Waals surface area contributed by atoms with Crippen molar-refractivity contribution in [2.75, 3.05) is 13.2 Å². The van der Waals surface area contributed by atoms with Crippen molar-refractivity contribution in [1.82, 2.24) is 0 Å². The van der Waals surface area contributed by atoms with E-state index < -0.39 is 23.0 Å². The Balaban J connectivity index is 1.07. The number of unbranched alkanes of at least 4 members (excludes halogenated alkanes) is 2. The van der Waals surface area contributed by atoms with Gasteiger partial charge in [0.05, 0.1) is 0 Å². The van der Waals surface area contributed by atoms with E-state index in [1.165, 1.54) is 77.0 Å². The summed E-state index contributed by atoms with van der Waals surface area (Å²) in [4.78, 5) is 24.7. The Morgan fingerprint density at radius 1 is 0.680 bits per heavy atom. The molecule has 2 saturated carbocycles. The van der Waals surface area contributed by atoms with Crippen LogP contribution >= 0.6 is 0 Å². The first-order chi connectivity index (χ1) is 24.1. The van der Waals surface area contributed by atoms with E-state index in [0.717, 1.165) is 49.0 Å². The van der Waals surface area contributed by atoms with E-state index in [0.29, 0.717) is 37.2 Å². The molecule has 274 valence electrons. The predicted octanol–water partition coefficient (Wildman–Crippen LogP) is 8.16. The maximum Gasteiger partial charge on any atom is 0.417 e. The minimum Gasteiger partial charge on any atom is -0.455 e. The summed E-state index contributed by atoms with van der Waals surface area (Å²) in [6.07, 6.45) is 22.4. The van der Waals surface area contributed by atoms with Gasteiger partial charge in [-0.05, 0) is 100 Å². The molecule has 0 aromatic carbocycles. The molecule has 8 heteroatoms. The molecule has 0 unspecified atom stereocenters. The second kappa shape index (κ2) is 20.4. The van der Waals surface area contributed by atoms with Crippen LogP contribution in [-0.2, 0) is 31.9 Å². The lowest BCUT2D eigenvalue weighted by Gasteiger charge is -2.25. The van der Waals surface area contributed by atoms with Gasteiger partial charge in [0.15, 0.2) is 11.5 Å². The fourth-order valence-corrected chi connectivity index (χ4v) is 6.91. The first kappa shape index (κ1) is 39.3. The number of ether oxygens (including phenoxy) is 2. The van der Waals surface area contributed by atoms with Crippen LogP contribution in [0.5, 0.6) is 0 Å². The van der Waals surface area contributed by atoms with E-state index in [1.54, 1.807) is 13.8 Å². The molecule has 0 bridgehead atoms. The van der Waals surface area contributed by atoms with Crippen LogP contribution in [0.3, 0.4) is 0 Å². The van der Waals surface area contributed by atoms with Gasteiger partial charge in [0.1, 0.15) is 24.7 Å². The smallest absolute Gasteiger partial charge is 0.417 e. The van der Waals surface area contributed by atoms with Gasteiger partial charge in [-0.2, -0.15) is 0 Å². The number of aryl methyl sites for hydroxylation is 2. The van der Waals surface area contributed by atoms with Crippen molar-refractivity contribution in [1.29, 1.82) is 0 Å². The molecule has 0 radical (unpaired) electrons. The highest BCUT2D eigenvalue weighted by molar-refractivity contribution is 6.29. The molecule has 2 aromatic heterocycles. The number of rotatable bonds is 16. The number of carbonyl (C=O) groups is 2. The Kier molecular flexibility index (Phi) is 16.0. The van der Waals surface area contributed by atoms with Gasteiger partial charge >= 0.3 is 11.9 Å². The summed E-state index contributed by atoms with van der Waals surface area (Å²) in [7, 11) is 0. The molecule has 2 aromatic rings. The predicted molar refractivity (Wildman–Crippen MR) is 196 cm³/mol. The summed E-state index contributed by atoms with van der Waals surface area (Å²) >= 11 is 0. The lowest BCUT2D eigenvalue weighted by Crippen LogP contribution is -2.45. The van der Waals surface area contributed by atoms with Gasteiger partial charge < -0.3 is 29.8 Å². The zero-order chi connectivity index (χ0) is 35.7. The number of nitrogens with two attached hydrogens (primary N) is 2. The lowest BCUT2D eigenvalue weighted by molar-refractivity contribution is -0.169. The first-order valence-corrected chi connectivity index (χ1v) is 19.1. The maximum absolute atomic E-state index is 12.4. The highest BCUT2D eigenvalue weighted by Crippen LogP contribution is 2.28. The average molecular weight is 689 g/mol. The summed E-state index contributed by atoms with van der Waals surface area (Å²) in [5.41, 5.74) is 11.0. The Hall–Kier alpha value is -3.46. The molecule has 4 rings (SSSR count). The van der Waals surface area contributed by atoms with Crippen LogP contribution in [-0.4, -0.2) is 36.2 Å². The van der Waals surface area contributed by atoms with Gasteiger partial charge in [0, 0.05) is 36.8 Å². The van der Waals surface area contributed by atoms with Crippen molar-refractivity contribution in [3.8, 4) is 23.7 Å². The highest BCUT2D eigenvalue weighted by atomic mass is 16.6. The molecule has 2 atom stereocenters. The van der Waals surface area contributed by atoms with Crippen molar-refractivity contribution < 1.29 is 27.9 Å². The Morgan fingerprint density at radius 2 is 1.08 bits per heavy atom. The minimum atomic E-state index is -1.09. The fraction of sp³-hybridized carbons (Fsp3) is 0.667. The van der Waals surface area contributed by atoms with E-state index in [4.69, 9.17) is 29.8 Å². The standard InChI is InChI=1S/C42H60N2O6/c1-41(43,29-27-37-25-23-35(49-37)21-13-5-11-19-33-15-7-3-8-16-33)31-47-39(45)40(46)48-32-42(2,44)30-28-38-26-24-36(50-38)22-14-6-12-20-34-17-9-4-10-18-34/h23-26,33-34H,3-12,15-20,27-32,43-44H2,1-2H3/t41-,42-/m1/s1. The van der Waals surface area contributed by atoms with E-state index >= 15 is 0 Å². The van der Waals surface area contributed by atoms with Crippen molar-refractivity contribution in [3.63, 3.8) is 0 Å². The lowest BCUT2D eigenvalue weighted by atomic mass is 9.86. The number of hydrogen-bond acceptors (Lipinski definition) is 8. The van der Waals surface area contributed by atoms with Gasteiger partial charge in [-0.3, -0.25) is 0 Å². The van der Waals surface area contributed by atoms with Crippen LogP contribution in [0.25, 0.3) is 0 Å². The molecule has 2 aliphatic carbocycles. The molecule has 0 amide bonds. The summed E-state index contributed by atoms with van der Waals surface area (Å²) < 4.78 is 22.1.